The van der Waals surface area contributed by atoms with Crippen LogP contribution >= 0.6 is 23.2 Å². The molecule has 0 radical (unpaired) electrons. The van der Waals surface area contributed by atoms with Crippen LogP contribution in [0.2, 0.25) is 10.0 Å². The minimum atomic E-state index is -0.969. The van der Waals surface area contributed by atoms with Crippen LogP contribution in [-0.2, 0) is 14.3 Å². The zero-order valence-electron chi connectivity index (χ0n) is 21.2. The molecule has 1 saturated heterocycles. The monoisotopic (exact) mass is 589 g/mol. The molecule has 0 spiro atoms. The van der Waals surface area contributed by atoms with Crippen LogP contribution in [0.4, 0.5) is 5.69 Å². The van der Waals surface area contributed by atoms with Crippen LogP contribution < -0.4 is 15.8 Å². The molecule has 41 heavy (non-hydrogen) atoms. The van der Waals surface area contributed by atoms with E-state index >= 15 is 0 Å². The number of rotatable bonds is 8. The summed E-state index contributed by atoms with van der Waals surface area (Å²) in [5, 5.41) is 2.38. The minimum absolute atomic E-state index is 0.118. The third-order valence-corrected chi connectivity index (χ3v) is 7.19. The van der Waals surface area contributed by atoms with Gasteiger partial charge in [0.1, 0.15) is 6.04 Å². The van der Waals surface area contributed by atoms with Gasteiger partial charge in [-0.25, -0.2) is 15.1 Å². The molecular weight excluding hydrogens is 569 g/mol. The first kappa shape index (κ1) is 28.0. The topological polar surface area (TPSA) is 122 Å². The number of ether oxygens (including phenoxy) is 1. The number of hydrogen-bond donors (Lipinski definition) is 2. The van der Waals surface area contributed by atoms with Crippen LogP contribution in [0.1, 0.15) is 37.5 Å². The number of ketones is 1. The van der Waals surface area contributed by atoms with Crippen molar-refractivity contribution < 1.29 is 28.7 Å². The maximum absolute atomic E-state index is 13.0. The summed E-state index contributed by atoms with van der Waals surface area (Å²) in [5.74, 6) is -2.71. The molecule has 4 aromatic rings. The van der Waals surface area contributed by atoms with E-state index in [2.05, 4.69) is 10.9 Å². The Hall–Kier alpha value is -4.57. The number of anilines is 1. The van der Waals surface area contributed by atoms with E-state index in [-0.39, 0.29) is 28.3 Å². The molecule has 0 aromatic heterocycles. The Morgan fingerprint density at radius 2 is 1.49 bits per heavy atom. The standard InChI is InChI=1S/C30H21Cl2N3O6/c31-23-12-9-20(14-24(23)32)26(36)16-41-30(40)18-7-10-22(11-8-18)35-27(37)15-25(29(35)39)33-34-28(38)21-6-5-17-3-1-2-4-19(17)13-21/h1-14,25,33H,15-16H2,(H,34,38). The summed E-state index contributed by atoms with van der Waals surface area (Å²) in [4.78, 5) is 63.9. The number of halogens is 2. The van der Waals surface area contributed by atoms with Gasteiger partial charge in [0.05, 0.1) is 27.7 Å². The third kappa shape index (κ3) is 6.12. The fraction of sp³-hybridized carbons (Fsp3) is 0.100. The molecule has 5 rings (SSSR count). The van der Waals surface area contributed by atoms with Crippen LogP contribution in [0.25, 0.3) is 10.8 Å². The number of benzene rings is 4. The van der Waals surface area contributed by atoms with Gasteiger partial charge < -0.3 is 4.74 Å². The SMILES string of the molecule is O=C(COC(=O)c1ccc(N2C(=O)CC(NNC(=O)c3ccc4ccccc4c3)C2=O)cc1)c1ccc(Cl)c(Cl)c1. The molecule has 0 bridgehead atoms. The van der Waals surface area contributed by atoms with E-state index in [0.717, 1.165) is 15.7 Å². The Balaban J connectivity index is 1.17. The van der Waals surface area contributed by atoms with Crippen molar-refractivity contribution in [3.63, 3.8) is 0 Å². The lowest BCUT2D eigenvalue weighted by Gasteiger charge is -2.16. The van der Waals surface area contributed by atoms with Crippen molar-refractivity contribution in [1.82, 2.24) is 10.9 Å². The molecule has 9 nitrogen and oxygen atoms in total. The van der Waals surface area contributed by atoms with Gasteiger partial charge >= 0.3 is 5.97 Å². The Morgan fingerprint density at radius 1 is 0.805 bits per heavy atom. The summed E-state index contributed by atoms with van der Waals surface area (Å²) in [6.07, 6.45) is -0.169. The number of hydrogen-bond acceptors (Lipinski definition) is 7. The van der Waals surface area contributed by atoms with E-state index in [0.29, 0.717) is 10.6 Å². The molecule has 1 aliphatic rings. The third-order valence-electron chi connectivity index (χ3n) is 6.46. The van der Waals surface area contributed by atoms with E-state index in [1.807, 2.05) is 30.3 Å². The Kier molecular flexibility index (Phi) is 8.11. The van der Waals surface area contributed by atoms with Gasteiger partial charge in [0, 0.05) is 11.1 Å². The second-order valence-electron chi connectivity index (χ2n) is 9.16. The first-order chi connectivity index (χ1) is 19.7. The van der Waals surface area contributed by atoms with E-state index < -0.39 is 42.1 Å². The molecule has 3 amide bonds. The maximum atomic E-state index is 13.0. The van der Waals surface area contributed by atoms with Gasteiger partial charge in [-0.15, -0.1) is 0 Å². The highest BCUT2D eigenvalue weighted by Gasteiger charge is 2.39. The van der Waals surface area contributed by atoms with Crippen molar-refractivity contribution in [2.45, 2.75) is 12.5 Å². The van der Waals surface area contributed by atoms with Crippen molar-refractivity contribution in [3.8, 4) is 0 Å². The minimum Gasteiger partial charge on any atom is -0.454 e. The van der Waals surface area contributed by atoms with Gasteiger partial charge in [-0.05, 0) is 65.4 Å². The number of carbonyl (C=O) groups is 5. The van der Waals surface area contributed by atoms with E-state index in [4.69, 9.17) is 27.9 Å². The maximum Gasteiger partial charge on any atom is 0.338 e. The highest BCUT2D eigenvalue weighted by atomic mass is 35.5. The Bertz CT molecular complexity index is 1710. The molecule has 1 unspecified atom stereocenters. The van der Waals surface area contributed by atoms with E-state index in [1.165, 1.54) is 42.5 Å². The first-order valence-electron chi connectivity index (χ1n) is 12.4. The normalized spacial score (nSPS) is 14.8. The first-order valence-corrected chi connectivity index (χ1v) is 13.1. The molecule has 1 heterocycles. The van der Waals surface area contributed by atoms with Gasteiger partial charge in [0.25, 0.3) is 11.8 Å². The molecule has 1 fully saturated rings. The fourth-order valence-electron chi connectivity index (χ4n) is 4.29. The quantitative estimate of drug-likeness (QED) is 0.131. The van der Waals surface area contributed by atoms with Gasteiger partial charge in [0.2, 0.25) is 5.91 Å². The summed E-state index contributed by atoms with van der Waals surface area (Å²) >= 11 is 11.8. The Labute approximate surface area is 243 Å². The van der Waals surface area contributed by atoms with E-state index in [1.54, 1.807) is 12.1 Å². The highest BCUT2D eigenvalue weighted by molar-refractivity contribution is 6.42. The lowest BCUT2D eigenvalue weighted by molar-refractivity contribution is -0.121. The second kappa shape index (κ2) is 11.9. The molecule has 4 aromatic carbocycles. The van der Waals surface area contributed by atoms with Gasteiger partial charge in [0.15, 0.2) is 12.4 Å². The predicted octanol–water partition coefficient (Wildman–Crippen LogP) is 4.75. The average molecular weight is 590 g/mol. The molecule has 0 saturated carbocycles. The number of nitrogens with one attached hydrogen (secondary N) is 2. The molecule has 206 valence electrons. The predicted molar refractivity (Wildman–Crippen MR) is 153 cm³/mol. The summed E-state index contributed by atoms with van der Waals surface area (Å²) in [6.45, 7) is -0.514. The number of carbonyl (C=O) groups excluding carboxylic acids is 5. The second-order valence-corrected chi connectivity index (χ2v) is 9.97. The summed E-state index contributed by atoms with van der Waals surface area (Å²) < 4.78 is 5.09. The van der Waals surface area contributed by atoms with E-state index in [9.17, 15) is 24.0 Å². The van der Waals surface area contributed by atoms with Crippen molar-refractivity contribution in [1.29, 1.82) is 0 Å². The number of fused-ring (bicyclic) bond motifs is 1. The number of nitrogens with zero attached hydrogens (tertiary/aromatic N) is 1. The lowest BCUT2D eigenvalue weighted by Crippen LogP contribution is -2.48. The number of hydrazine groups is 1. The van der Waals surface area contributed by atoms with Crippen LogP contribution in [0, 0.1) is 0 Å². The Morgan fingerprint density at radius 3 is 2.22 bits per heavy atom. The van der Waals surface area contributed by atoms with Crippen LogP contribution in [0.15, 0.2) is 84.9 Å². The number of imide groups is 1. The fourth-order valence-corrected chi connectivity index (χ4v) is 4.58. The molecule has 1 aliphatic heterocycles. The van der Waals surface area contributed by atoms with Crippen molar-refractivity contribution in [3.05, 3.63) is 112 Å². The van der Waals surface area contributed by atoms with Crippen LogP contribution in [-0.4, -0.2) is 42.1 Å². The smallest absolute Gasteiger partial charge is 0.338 e. The highest BCUT2D eigenvalue weighted by Crippen LogP contribution is 2.25. The van der Waals surface area contributed by atoms with Gasteiger partial charge in [-0.3, -0.25) is 24.6 Å². The van der Waals surface area contributed by atoms with Gasteiger partial charge in [-0.1, -0.05) is 53.5 Å². The van der Waals surface area contributed by atoms with Crippen LogP contribution in [0.3, 0.4) is 0 Å². The largest absolute Gasteiger partial charge is 0.454 e. The van der Waals surface area contributed by atoms with Crippen molar-refractivity contribution >= 4 is 69.1 Å². The molecule has 0 aliphatic carbocycles. The number of esters is 1. The summed E-state index contributed by atoms with van der Waals surface area (Å²) in [6, 6.07) is 21.8. The average Bonchev–Trinajstić information content (AvgIpc) is 3.27. The molecular formula is C30H21Cl2N3O6. The van der Waals surface area contributed by atoms with Crippen molar-refractivity contribution in [2.24, 2.45) is 0 Å². The lowest BCUT2D eigenvalue weighted by atomic mass is 10.1. The molecule has 11 heteroatoms. The number of Topliss-reactive ketones (excluding diaryl/α,β-unsaturated/α-hetero) is 1. The van der Waals surface area contributed by atoms with Gasteiger partial charge in [-0.2, -0.15) is 0 Å². The van der Waals surface area contributed by atoms with Crippen LogP contribution in [0.5, 0.6) is 0 Å². The summed E-state index contributed by atoms with van der Waals surface area (Å²) in [5.41, 5.74) is 6.15. The zero-order chi connectivity index (χ0) is 29.1. The zero-order valence-corrected chi connectivity index (χ0v) is 22.7. The number of amides is 3. The molecule has 1 atom stereocenters. The molecule has 2 N–H and O–H groups in total. The van der Waals surface area contributed by atoms with Crippen molar-refractivity contribution in [2.75, 3.05) is 11.5 Å². The summed E-state index contributed by atoms with van der Waals surface area (Å²) in [7, 11) is 0.